The molecule has 8 heteroatoms. The second-order valence-electron chi connectivity index (χ2n) is 3.87. The largest absolute Gasteiger partial charge is 0.492 e. The molecule has 20 heavy (non-hydrogen) atoms. The molecule has 0 saturated carbocycles. The minimum absolute atomic E-state index is 0.147. The van der Waals surface area contributed by atoms with Gasteiger partial charge in [-0.25, -0.2) is 9.97 Å². The monoisotopic (exact) mass is 275 g/mol. The van der Waals surface area contributed by atoms with Gasteiger partial charge in [-0.15, -0.1) is 0 Å². The lowest BCUT2D eigenvalue weighted by Gasteiger charge is -2.07. The SMILES string of the molecule is Nc1cccc(OCCNc2ncc([N+](=O)[O-])cn2)c1. The van der Waals surface area contributed by atoms with Gasteiger partial charge in [-0.1, -0.05) is 6.07 Å². The standard InChI is InChI=1S/C12H13N5O3/c13-9-2-1-3-11(6-9)20-5-4-14-12-15-7-10(8-16-12)17(18)19/h1-3,6-8H,4-5,13H2,(H,14,15,16). The van der Waals surface area contributed by atoms with Gasteiger partial charge in [0.2, 0.25) is 5.95 Å². The van der Waals surface area contributed by atoms with Crippen LogP contribution in [0.15, 0.2) is 36.7 Å². The number of nitrogen functional groups attached to an aromatic ring is 1. The molecule has 8 nitrogen and oxygen atoms in total. The summed E-state index contributed by atoms with van der Waals surface area (Å²) in [7, 11) is 0. The molecule has 0 amide bonds. The van der Waals surface area contributed by atoms with E-state index in [1.165, 1.54) is 0 Å². The number of ether oxygens (including phenoxy) is 1. The first-order valence-corrected chi connectivity index (χ1v) is 5.84. The third-order valence-corrected chi connectivity index (χ3v) is 2.36. The molecule has 0 aliphatic rings. The number of nitrogens with one attached hydrogen (secondary N) is 1. The van der Waals surface area contributed by atoms with Gasteiger partial charge >= 0.3 is 5.69 Å². The zero-order chi connectivity index (χ0) is 14.4. The fourth-order valence-electron chi connectivity index (χ4n) is 1.44. The summed E-state index contributed by atoms with van der Waals surface area (Å²) in [5.74, 6) is 0.989. The fourth-order valence-corrected chi connectivity index (χ4v) is 1.44. The number of hydrogen-bond acceptors (Lipinski definition) is 7. The van der Waals surface area contributed by atoms with E-state index in [2.05, 4.69) is 15.3 Å². The molecule has 0 radical (unpaired) electrons. The fraction of sp³-hybridized carbons (Fsp3) is 0.167. The molecule has 0 unspecified atom stereocenters. The minimum Gasteiger partial charge on any atom is -0.492 e. The maximum absolute atomic E-state index is 10.4. The maximum Gasteiger partial charge on any atom is 0.305 e. The third kappa shape index (κ3) is 3.80. The lowest BCUT2D eigenvalue weighted by atomic mass is 10.3. The molecule has 104 valence electrons. The average molecular weight is 275 g/mol. The minimum atomic E-state index is -0.549. The van der Waals surface area contributed by atoms with Crippen LogP contribution < -0.4 is 15.8 Å². The molecule has 0 spiro atoms. The van der Waals surface area contributed by atoms with Crippen LogP contribution in [0.25, 0.3) is 0 Å². The second-order valence-corrected chi connectivity index (χ2v) is 3.87. The third-order valence-electron chi connectivity index (χ3n) is 2.36. The summed E-state index contributed by atoms with van der Waals surface area (Å²) in [6, 6.07) is 7.11. The van der Waals surface area contributed by atoms with E-state index in [-0.39, 0.29) is 5.69 Å². The van der Waals surface area contributed by atoms with E-state index < -0.39 is 4.92 Å². The molecule has 0 fully saturated rings. The first-order valence-electron chi connectivity index (χ1n) is 5.84. The van der Waals surface area contributed by atoms with E-state index in [1.807, 2.05) is 0 Å². The van der Waals surface area contributed by atoms with Gasteiger partial charge < -0.3 is 15.8 Å². The lowest BCUT2D eigenvalue weighted by Crippen LogP contribution is -2.13. The van der Waals surface area contributed by atoms with Gasteiger partial charge in [-0.2, -0.15) is 0 Å². The van der Waals surface area contributed by atoms with Gasteiger partial charge in [0.05, 0.1) is 11.5 Å². The lowest BCUT2D eigenvalue weighted by molar-refractivity contribution is -0.385. The zero-order valence-corrected chi connectivity index (χ0v) is 10.5. The molecule has 0 aliphatic heterocycles. The van der Waals surface area contributed by atoms with Crippen LogP contribution >= 0.6 is 0 Å². The van der Waals surface area contributed by atoms with Crippen molar-refractivity contribution < 1.29 is 9.66 Å². The number of nitro groups is 1. The molecule has 1 heterocycles. The van der Waals surface area contributed by atoms with E-state index in [0.717, 1.165) is 12.4 Å². The van der Waals surface area contributed by atoms with Crippen LogP contribution in [0.1, 0.15) is 0 Å². The van der Waals surface area contributed by atoms with E-state index >= 15 is 0 Å². The average Bonchev–Trinajstić information content (AvgIpc) is 2.44. The Morgan fingerprint density at radius 2 is 2.10 bits per heavy atom. The van der Waals surface area contributed by atoms with Gasteiger partial charge in [0.1, 0.15) is 24.8 Å². The first kappa shape index (κ1) is 13.5. The summed E-state index contributed by atoms with van der Waals surface area (Å²) in [5, 5.41) is 13.3. The van der Waals surface area contributed by atoms with Crippen molar-refractivity contribution >= 4 is 17.3 Å². The highest BCUT2D eigenvalue weighted by Crippen LogP contribution is 2.14. The normalized spacial score (nSPS) is 10.0. The maximum atomic E-state index is 10.4. The van der Waals surface area contributed by atoms with E-state index in [4.69, 9.17) is 10.5 Å². The number of rotatable bonds is 6. The van der Waals surface area contributed by atoms with Crippen molar-refractivity contribution in [2.24, 2.45) is 0 Å². The van der Waals surface area contributed by atoms with Gasteiger partial charge in [0.25, 0.3) is 0 Å². The Morgan fingerprint density at radius 1 is 1.35 bits per heavy atom. The van der Waals surface area contributed by atoms with Crippen LogP contribution in [0, 0.1) is 10.1 Å². The van der Waals surface area contributed by atoms with Crippen molar-refractivity contribution in [2.45, 2.75) is 0 Å². The Morgan fingerprint density at radius 3 is 2.75 bits per heavy atom. The summed E-state index contributed by atoms with van der Waals surface area (Å²) >= 11 is 0. The summed E-state index contributed by atoms with van der Waals surface area (Å²) in [5.41, 5.74) is 6.11. The highest BCUT2D eigenvalue weighted by molar-refractivity contribution is 5.43. The number of benzene rings is 1. The molecular weight excluding hydrogens is 262 g/mol. The van der Waals surface area contributed by atoms with Crippen molar-refractivity contribution in [3.05, 3.63) is 46.8 Å². The summed E-state index contributed by atoms with van der Waals surface area (Å²) in [4.78, 5) is 17.5. The van der Waals surface area contributed by atoms with Crippen LogP contribution in [0.5, 0.6) is 5.75 Å². The van der Waals surface area contributed by atoms with Crippen LogP contribution in [0.3, 0.4) is 0 Å². The quantitative estimate of drug-likeness (QED) is 0.354. The highest BCUT2D eigenvalue weighted by atomic mass is 16.6. The summed E-state index contributed by atoms with van der Waals surface area (Å²) < 4.78 is 5.46. The molecule has 1 aromatic carbocycles. The number of aromatic nitrogens is 2. The Bertz CT molecular complexity index is 588. The predicted molar refractivity (Wildman–Crippen MR) is 73.5 cm³/mol. The van der Waals surface area contributed by atoms with E-state index in [1.54, 1.807) is 24.3 Å². The van der Waals surface area contributed by atoms with Crippen molar-refractivity contribution in [1.29, 1.82) is 0 Å². The van der Waals surface area contributed by atoms with Crippen molar-refractivity contribution in [3.8, 4) is 5.75 Å². The Kier molecular flexibility index (Phi) is 4.28. The predicted octanol–water partition coefficient (Wildman–Crippen LogP) is 1.46. The number of hydrogen-bond donors (Lipinski definition) is 2. The second kappa shape index (κ2) is 6.32. The molecule has 0 bridgehead atoms. The molecule has 0 aliphatic carbocycles. The van der Waals surface area contributed by atoms with E-state index in [0.29, 0.717) is 30.5 Å². The topological polar surface area (TPSA) is 116 Å². The Balaban J connectivity index is 1.77. The zero-order valence-electron chi connectivity index (χ0n) is 10.5. The molecule has 1 aromatic heterocycles. The van der Waals surface area contributed by atoms with Gasteiger partial charge in [-0.3, -0.25) is 10.1 Å². The number of nitrogens with two attached hydrogens (primary N) is 1. The summed E-state index contributed by atoms with van der Waals surface area (Å²) in [6.07, 6.45) is 2.29. The molecule has 2 aromatic rings. The van der Waals surface area contributed by atoms with Crippen molar-refractivity contribution in [3.63, 3.8) is 0 Å². The van der Waals surface area contributed by atoms with Gasteiger partial charge in [0, 0.05) is 11.8 Å². The van der Waals surface area contributed by atoms with Crippen LogP contribution in [-0.2, 0) is 0 Å². The van der Waals surface area contributed by atoms with Crippen LogP contribution in [0.2, 0.25) is 0 Å². The van der Waals surface area contributed by atoms with Gasteiger partial charge in [-0.05, 0) is 12.1 Å². The molecule has 3 N–H and O–H groups in total. The first-order chi connectivity index (χ1) is 9.65. The smallest absolute Gasteiger partial charge is 0.305 e. The van der Waals surface area contributed by atoms with Crippen LogP contribution in [-0.4, -0.2) is 28.0 Å². The molecule has 0 atom stereocenters. The number of anilines is 2. The van der Waals surface area contributed by atoms with E-state index in [9.17, 15) is 10.1 Å². The molecule has 0 saturated heterocycles. The highest BCUT2D eigenvalue weighted by Gasteiger charge is 2.05. The summed E-state index contributed by atoms with van der Waals surface area (Å²) in [6.45, 7) is 0.858. The molecule has 2 rings (SSSR count). The van der Waals surface area contributed by atoms with Crippen LogP contribution in [0.4, 0.5) is 17.3 Å². The molecular formula is C12H13N5O3. The number of nitrogens with zero attached hydrogens (tertiary/aromatic N) is 3. The van der Waals surface area contributed by atoms with Crippen molar-refractivity contribution in [2.75, 3.05) is 24.2 Å². The van der Waals surface area contributed by atoms with Gasteiger partial charge in [0.15, 0.2) is 0 Å². The Hall–Kier alpha value is -2.90. The van der Waals surface area contributed by atoms with Crippen molar-refractivity contribution in [1.82, 2.24) is 9.97 Å². The Labute approximate surface area is 114 Å².